The van der Waals surface area contributed by atoms with Crippen LogP contribution in [-0.2, 0) is 16.1 Å². The fraction of sp³-hybridized carbons (Fsp3) is 0.400. The molecule has 1 saturated heterocycles. The lowest BCUT2D eigenvalue weighted by atomic mass is 10.2. The summed E-state index contributed by atoms with van der Waals surface area (Å²) in [7, 11) is 0. The van der Waals surface area contributed by atoms with Crippen LogP contribution in [0.15, 0.2) is 22.8 Å². The molecule has 3 aromatic rings. The van der Waals surface area contributed by atoms with Gasteiger partial charge in [-0.3, -0.25) is 4.79 Å². The molecular formula is C20H21N5O2S2. The van der Waals surface area contributed by atoms with Crippen molar-refractivity contribution in [2.45, 2.75) is 44.4 Å². The molecule has 1 aliphatic heterocycles. The normalized spacial score (nSPS) is 16.2. The summed E-state index contributed by atoms with van der Waals surface area (Å²) in [6.45, 7) is 5.30. The number of carbonyl (C=O) groups is 1. The molecule has 1 fully saturated rings. The molecule has 4 heterocycles. The predicted molar refractivity (Wildman–Crippen MR) is 114 cm³/mol. The molecule has 150 valence electrons. The lowest BCUT2D eigenvalue weighted by Crippen LogP contribution is -2.22. The average molecular weight is 428 g/mol. The highest BCUT2D eigenvalue weighted by Gasteiger charge is 2.24. The van der Waals surface area contributed by atoms with Gasteiger partial charge in [-0.25, -0.2) is 9.97 Å². The molecule has 1 amide bonds. The van der Waals surface area contributed by atoms with E-state index in [1.807, 2.05) is 29.9 Å². The Morgan fingerprint density at radius 3 is 3.10 bits per heavy atom. The molecular weight excluding hydrogens is 406 g/mol. The standard InChI is InChI=1S/C20H21N5O2S2/c1-12-13(2)25(9-14-4-3-6-27-14)18(16(12)8-21)24-17(26)10-29-20-15-5-7-28-19(15)22-11-23-20/h5,7,11,14H,3-4,6,9-10H2,1-2H3,(H,24,26). The van der Waals surface area contributed by atoms with Crippen molar-refractivity contribution in [1.29, 1.82) is 5.26 Å². The van der Waals surface area contributed by atoms with Crippen LogP contribution >= 0.6 is 23.1 Å². The Hall–Kier alpha value is -2.41. The molecule has 0 saturated carbocycles. The first-order valence-corrected chi connectivity index (χ1v) is 11.3. The van der Waals surface area contributed by atoms with Crippen molar-refractivity contribution >= 4 is 45.0 Å². The highest BCUT2D eigenvalue weighted by Crippen LogP contribution is 2.30. The van der Waals surface area contributed by atoms with Gasteiger partial charge >= 0.3 is 0 Å². The van der Waals surface area contributed by atoms with Crippen LogP contribution in [0.3, 0.4) is 0 Å². The van der Waals surface area contributed by atoms with Gasteiger partial charge in [0.2, 0.25) is 5.91 Å². The van der Waals surface area contributed by atoms with Gasteiger partial charge in [-0.1, -0.05) is 11.8 Å². The first-order chi connectivity index (χ1) is 14.1. The molecule has 0 bridgehead atoms. The van der Waals surface area contributed by atoms with Crippen LogP contribution in [0.25, 0.3) is 10.2 Å². The van der Waals surface area contributed by atoms with E-state index in [0.29, 0.717) is 17.9 Å². The van der Waals surface area contributed by atoms with Crippen LogP contribution in [0.2, 0.25) is 0 Å². The number of hydrogen-bond donors (Lipinski definition) is 1. The van der Waals surface area contributed by atoms with Crippen molar-refractivity contribution in [2.75, 3.05) is 17.7 Å². The van der Waals surface area contributed by atoms with E-state index in [0.717, 1.165) is 45.9 Å². The van der Waals surface area contributed by atoms with Crippen LogP contribution in [0.5, 0.6) is 0 Å². The van der Waals surface area contributed by atoms with Gasteiger partial charge in [-0.2, -0.15) is 5.26 Å². The summed E-state index contributed by atoms with van der Waals surface area (Å²) < 4.78 is 7.77. The first kappa shape index (κ1) is 19.9. The maximum Gasteiger partial charge on any atom is 0.235 e. The number of nitrogens with one attached hydrogen (secondary N) is 1. The van der Waals surface area contributed by atoms with Gasteiger partial charge in [0, 0.05) is 17.7 Å². The Bertz CT molecular complexity index is 1090. The number of anilines is 1. The number of nitriles is 1. The number of hydrogen-bond acceptors (Lipinski definition) is 7. The van der Waals surface area contributed by atoms with E-state index < -0.39 is 0 Å². The van der Waals surface area contributed by atoms with Crippen molar-refractivity contribution in [3.05, 3.63) is 34.6 Å². The maximum absolute atomic E-state index is 12.7. The van der Waals surface area contributed by atoms with Gasteiger partial charge < -0.3 is 14.6 Å². The smallest absolute Gasteiger partial charge is 0.235 e. The molecule has 0 spiro atoms. The molecule has 1 unspecified atom stereocenters. The van der Waals surface area contributed by atoms with Crippen molar-refractivity contribution in [2.24, 2.45) is 0 Å². The molecule has 1 N–H and O–H groups in total. The number of thiophene rings is 1. The zero-order valence-electron chi connectivity index (χ0n) is 16.3. The monoisotopic (exact) mass is 427 g/mol. The summed E-state index contributed by atoms with van der Waals surface area (Å²) in [6.07, 6.45) is 3.67. The fourth-order valence-electron chi connectivity index (χ4n) is 3.53. The van der Waals surface area contributed by atoms with Crippen LogP contribution in [-0.4, -0.2) is 38.9 Å². The zero-order chi connectivity index (χ0) is 20.4. The summed E-state index contributed by atoms with van der Waals surface area (Å²) in [5.74, 6) is 0.599. The molecule has 7 nitrogen and oxygen atoms in total. The largest absolute Gasteiger partial charge is 0.376 e. The summed E-state index contributed by atoms with van der Waals surface area (Å²) in [4.78, 5) is 22.2. The van der Waals surface area contributed by atoms with Crippen molar-refractivity contribution < 1.29 is 9.53 Å². The van der Waals surface area contributed by atoms with Gasteiger partial charge in [0.25, 0.3) is 0 Å². The maximum atomic E-state index is 12.7. The van der Waals surface area contributed by atoms with Crippen molar-refractivity contribution in [1.82, 2.24) is 14.5 Å². The van der Waals surface area contributed by atoms with Crippen LogP contribution < -0.4 is 5.32 Å². The molecule has 1 atom stereocenters. The molecule has 0 radical (unpaired) electrons. The number of aromatic nitrogens is 3. The van der Waals surface area contributed by atoms with E-state index in [2.05, 4.69) is 21.4 Å². The van der Waals surface area contributed by atoms with Gasteiger partial charge in [-0.05, 0) is 43.7 Å². The quantitative estimate of drug-likeness (QED) is 0.474. The third-order valence-corrected chi connectivity index (χ3v) is 7.00. The Morgan fingerprint density at radius 2 is 2.34 bits per heavy atom. The molecule has 4 rings (SSSR count). The van der Waals surface area contributed by atoms with E-state index in [-0.39, 0.29) is 17.8 Å². The summed E-state index contributed by atoms with van der Waals surface area (Å²) in [5.41, 5.74) is 2.39. The van der Waals surface area contributed by atoms with Gasteiger partial charge in [0.1, 0.15) is 28.1 Å². The molecule has 1 aliphatic rings. The van der Waals surface area contributed by atoms with E-state index in [1.165, 1.54) is 18.1 Å². The fourth-order valence-corrected chi connectivity index (χ4v) is 5.11. The Kier molecular flexibility index (Phi) is 5.85. The van der Waals surface area contributed by atoms with E-state index >= 15 is 0 Å². The van der Waals surface area contributed by atoms with Gasteiger partial charge in [0.05, 0.1) is 24.0 Å². The number of carbonyl (C=O) groups excluding carboxylic acids is 1. The molecule has 3 aromatic heterocycles. The predicted octanol–water partition coefficient (Wildman–Crippen LogP) is 3.89. The lowest BCUT2D eigenvalue weighted by Gasteiger charge is -2.16. The van der Waals surface area contributed by atoms with Gasteiger partial charge in [0.15, 0.2) is 0 Å². The second kappa shape index (κ2) is 8.53. The summed E-state index contributed by atoms with van der Waals surface area (Å²) >= 11 is 2.92. The van der Waals surface area contributed by atoms with Gasteiger partial charge in [-0.15, -0.1) is 11.3 Å². The molecule has 29 heavy (non-hydrogen) atoms. The highest BCUT2D eigenvalue weighted by atomic mass is 32.2. The lowest BCUT2D eigenvalue weighted by molar-refractivity contribution is -0.113. The first-order valence-electron chi connectivity index (χ1n) is 9.40. The average Bonchev–Trinajstić information content (AvgIpc) is 3.44. The molecule has 9 heteroatoms. The SMILES string of the molecule is Cc1c(C#N)c(NC(=O)CSc2ncnc3sccc23)n(CC2CCCO2)c1C. The number of ether oxygens (including phenoxy) is 1. The van der Waals surface area contributed by atoms with E-state index in [4.69, 9.17) is 4.74 Å². The van der Waals surface area contributed by atoms with Crippen LogP contribution in [0, 0.1) is 25.2 Å². The zero-order valence-corrected chi connectivity index (χ0v) is 17.9. The minimum absolute atomic E-state index is 0.116. The minimum Gasteiger partial charge on any atom is -0.376 e. The molecule has 0 aromatic carbocycles. The van der Waals surface area contributed by atoms with Crippen LogP contribution in [0.4, 0.5) is 5.82 Å². The number of nitrogens with zero attached hydrogens (tertiary/aromatic N) is 4. The highest BCUT2D eigenvalue weighted by molar-refractivity contribution is 8.00. The number of rotatable bonds is 6. The topological polar surface area (TPSA) is 92.8 Å². The molecule has 0 aliphatic carbocycles. The van der Waals surface area contributed by atoms with Crippen molar-refractivity contribution in [3.63, 3.8) is 0 Å². The van der Waals surface area contributed by atoms with E-state index in [9.17, 15) is 10.1 Å². The third kappa shape index (κ3) is 4.01. The third-order valence-electron chi connectivity index (χ3n) is 5.17. The number of thioether (sulfide) groups is 1. The van der Waals surface area contributed by atoms with Crippen molar-refractivity contribution in [3.8, 4) is 6.07 Å². The Morgan fingerprint density at radius 1 is 1.48 bits per heavy atom. The Balaban J connectivity index is 1.51. The number of amides is 1. The van der Waals surface area contributed by atoms with Crippen LogP contribution in [0.1, 0.15) is 29.7 Å². The minimum atomic E-state index is -0.167. The second-order valence-corrected chi connectivity index (χ2v) is 8.81. The Labute approximate surface area is 177 Å². The summed E-state index contributed by atoms with van der Waals surface area (Å²) in [6, 6.07) is 4.21. The van der Waals surface area contributed by atoms with E-state index in [1.54, 1.807) is 11.3 Å². The summed E-state index contributed by atoms with van der Waals surface area (Å²) in [5, 5.41) is 16.3. The number of fused-ring (bicyclic) bond motifs is 1. The second-order valence-electron chi connectivity index (χ2n) is 6.95.